The van der Waals surface area contributed by atoms with E-state index in [2.05, 4.69) is 225 Å². The molecule has 4 N–H and O–H groups in total. The second kappa shape index (κ2) is 39.6. The van der Waals surface area contributed by atoms with Crippen molar-refractivity contribution in [2.45, 2.75) is 182 Å². The zero-order valence-electron chi connectivity index (χ0n) is 49.0. The molecule has 0 radical (unpaired) electrons. The van der Waals surface area contributed by atoms with Crippen molar-refractivity contribution in [2.75, 3.05) is 26.2 Å². The normalized spacial score (nSPS) is 12.4. The number of hydrogen-bond acceptors (Lipinski definition) is 8. The van der Waals surface area contributed by atoms with E-state index in [0.29, 0.717) is 0 Å². The zero-order valence-corrected chi connectivity index (χ0v) is 58.7. The van der Waals surface area contributed by atoms with Crippen molar-refractivity contribution < 1.29 is 16.5 Å². The minimum Gasteiger partial charge on any atom is -0.461 e. The minimum atomic E-state index is -1.32. The van der Waals surface area contributed by atoms with Gasteiger partial charge < -0.3 is 37.7 Å². The summed E-state index contributed by atoms with van der Waals surface area (Å²) < 4.78 is 23.8. The summed E-state index contributed by atoms with van der Waals surface area (Å²) in [6.45, 7) is 44.4. The van der Waals surface area contributed by atoms with Gasteiger partial charge >= 0.3 is 0 Å². The SMILES string of the molecule is C[SiH2]O[Si](C)(C)CCCNCc1ccc(C)cc1.C[SiH2]O[Si](C)(C)CCCNCc1ccc(C)cc1.C[SiH2]O[Si](C)(C)CCCNCc1ccc(C)cc1.C[SiH2]O[Si](C)(C)CCCNCc1ccc(C)cc1. The molecule has 4 rings (SSSR count). The van der Waals surface area contributed by atoms with Crippen LogP contribution in [0.15, 0.2) is 97.1 Å². The molecule has 0 unspecified atom stereocenters. The lowest BCUT2D eigenvalue weighted by Gasteiger charge is -2.22. The first-order chi connectivity index (χ1) is 34.1. The van der Waals surface area contributed by atoms with Crippen molar-refractivity contribution in [1.29, 1.82) is 0 Å². The third-order valence-electron chi connectivity index (χ3n) is 12.5. The van der Waals surface area contributed by atoms with Gasteiger partial charge in [-0.05, 0) is 178 Å². The Morgan fingerprint density at radius 3 is 0.625 bits per heavy atom. The topological polar surface area (TPSA) is 85.0 Å². The van der Waals surface area contributed by atoms with E-state index in [1.165, 1.54) is 94.4 Å². The maximum absolute atomic E-state index is 5.96. The summed E-state index contributed by atoms with van der Waals surface area (Å²) in [6.07, 6.45) is 4.94. The molecule has 4 aromatic rings. The van der Waals surface area contributed by atoms with Crippen LogP contribution in [0.4, 0.5) is 0 Å². The van der Waals surface area contributed by atoms with Crippen LogP contribution in [0.2, 0.25) is 103 Å². The molecular formula is C56H108N4O4Si8. The Labute approximate surface area is 457 Å². The number of hydrogen-bond donors (Lipinski definition) is 4. The second-order valence-corrected chi connectivity index (χ2v) is 44.8. The monoisotopic (exact) mass is 1120 g/mol. The van der Waals surface area contributed by atoms with Crippen molar-refractivity contribution in [3.8, 4) is 0 Å². The van der Waals surface area contributed by atoms with Gasteiger partial charge in [-0.2, -0.15) is 0 Å². The quantitative estimate of drug-likeness (QED) is 0.0284. The van der Waals surface area contributed by atoms with E-state index in [0.717, 1.165) is 52.4 Å². The van der Waals surface area contributed by atoms with E-state index in [-0.39, 0.29) is 39.1 Å². The average molecular weight is 1130 g/mol. The fourth-order valence-corrected chi connectivity index (χ4v) is 27.1. The number of nitrogens with one attached hydrogen (secondary N) is 4. The molecule has 8 nitrogen and oxygen atoms in total. The molecule has 0 aliphatic heterocycles. The predicted molar refractivity (Wildman–Crippen MR) is 341 cm³/mol. The molecule has 408 valence electrons. The molecule has 0 amide bonds. The third kappa shape index (κ3) is 37.9. The summed E-state index contributed by atoms with van der Waals surface area (Å²) in [5.74, 6) is 0. The summed E-state index contributed by atoms with van der Waals surface area (Å²) in [6, 6.07) is 40.1. The van der Waals surface area contributed by atoms with Gasteiger partial charge in [-0.25, -0.2) is 0 Å². The summed E-state index contributed by atoms with van der Waals surface area (Å²) in [7, 11) is -6.21. The van der Waals surface area contributed by atoms with Crippen molar-refractivity contribution >= 4 is 72.3 Å². The molecule has 0 aliphatic rings. The Bertz CT molecular complexity index is 1630. The largest absolute Gasteiger partial charge is 0.461 e. The molecule has 0 aromatic heterocycles. The highest BCUT2D eigenvalue weighted by Crippen LogP contribution is 2.16. The Kier molecular flexibility index (Phi) is 37.6. The van der Waals surface area contributed by atoms with Gasteiger partial charge in [-0.3, -0.25) is 0 Å². The lowest BCUT2D eigenvalue weighted by Crippen LogP contribution is -2.32. The van der Waals surface area contributed by atoms with Gasteiger partial charge in [0.2, 0.25) is 0 Å². The van der Waals surface area contributed by atoms with Gasteiger partial charge in [0.1, 0.15) is 39.1 Å². The highest BCUT2D eigenvalue weighted by atomic mass is 28.4. The Balaban J connectivity index is 0.000000480. The number of rotatable bonds is 32. The van der Waals surface area contributed by atoms with E-state index < -0.39 is 33.3 Å². The summed E-state index contributed by atoms with van der Waals surface area (Å²) >= 11 is 0. The fraction of sp³-hybridized carbons (Fsp3) is 0.571. The molecule has 0 fully saturated rings. The average Bonchev–Trinajstić information content (AvgIpc) is 3.31. The van der Waals surface area contributed by atoms with Crippen LogP contribution in [0.5, 0.6) is 0 Å². The van der Waals surface area contributed by atoms with Crippen LogP contribution in [0.25, 0.3) is 0 Å². The molecule has 0 saturated carbocycles. The van der Waals surface area contributed by atoms with Crippen LogP contribution in [0.3, 0.4) is 0 Å². The van der Waals surface area contributed by atoms with Crippen molar-refractivity contribution in [1.82, 2.24) is 21.3 Å². The van der Waals surface area contributed by atoms with E-state index >= 15 is 0 Å². The first-order valence-corrected chi connectivity index (χ1v) is 48.2. The van der Waals surface area contributed by atoms with E-state index in [4.69, 9.17) is 16.5 Å². The van der Waals surface area contributed by atoms with Crippen LogP contribution in [0, 0.1) is 27.7 Å². The fourth-order valence-electron chi connectivity index (χ4n) is 8.16. The maximum atomic E-state index is 5.96. The molecule has 0 bridgehead atoms. The second-order valence-electron chi connectivity index (χ2n) is 21.8. The Morgan fingerprint density at radius 2 is 0.472 bits per heavy atom. The van der Waals surface area contributed by atoms with E-state index in [1.807, 2.05) is 0 Å². The molecule has 4 aromatic carbocycles. The number of benzene rings is 4. The van der Waals surface area contributed by atoms with Crippen LogP contribution in [0.1, 0.15) is 70.2 Å². The van der Waals surface area contributed by atoms with Crippen molar-refractivity contribution in [3.05, 3.63) is 142 Å². The van der Waals surface area contributed by atoms with Crippen LogP contribution < -0.4 is 21.3 Å². The Morgan fingerprint density at radius 1 is 0.306 bits per heavy atom. The Hall–Kier alpha value is -1.70. The van der Waals surface area contributed by atoms with Crippen LogP contribution in [-0.2, 0) is 42.6 Å². The summed E-state index contributed by atoms with van der Waals surface area (Å²) in [5, 5.41) is 14.1. The predicted octanol–water partition coefficient (Wildman–Crippen LogP) is 11.3. The molecule has 0 heterocycles. The zero-order chi connectivity index (χ0) is 53.7. The molecule has 16 heteroatoms. The van der Waals surface area contributed by atoms with Gasteiger partial charge in [-0.15, -0.1) is 0 Å². The van der Waals surface area contributed by atoms with Gasteiger partial charge in [0, 0.05) is 26.2 Å². The third-order valence-corrected chi connectivity index (χ3v) is 35.8. The highest BCUT2D eigenvalue weighted by Gasteiger charge is 2.22. The van der Waals surface area contributed by atoms with Crippen molar-refractivity contribution in [3.63, 3.8) is 0 Å². The van der Waals surface area contributed by atoms with Crippen molar-refractivity contribution in [2.24, 2.45) is 0 Å². The number of aryl methyl sites for hydroxylation is 4. The first-order valence-electron chi connectivity index (χ1n) is 27.7. The van der Waals surface area contributed by atoms with Gasteiger partial charge in [-0.1, -0.05) is 146 Å². The standard InChI is InChI=1S/4C14H27NOSi2/c4*1-13-6-8-14(9-7-13)12-15-10-5-11-18(3,4)16-17-2/h4*6-9,15H,5,10-12,17H2,1-4H3. The lowest BCUT2D eigenvalue weighted by atomic mass is 10.1. The van der Waals surface area contributed by atoms with Gasteiger partial charge in [0.25, 0.3) is 0 Å². The minimum absolute atomic E-state index is 0.234. The molecule has 0 atom stereocenters. The maximum Gasteiger partial charge on any atom is 0.173 e. The van der Waals surface area contributed by atoms with E-state index in [1.54, 1.807) is 0 Å². The van der Waals surface area contributed by atoms with E-state index in [9.17, 15) is 0 Å². The lowest BCUT2D eigenvalue weighted by molar-refractivity contribution is 0.575. The molecular weight excluding hydrogens is 1020 g/mol. The highest BCUT2D eigenvalue weighted by molar-refractivity contribution is 6.76. The summed E-state index contributed by atoms with van der Waals surface area (Å²) in [4.78, 5) is 0. The smallest absolute Gasteiger partial charge is 0.173 e. The molecule has 72 heavy (non-hydrogen) atoms. The summed E-state index contributed by atoms with van der Waals surface area (Å²) in [5.41, 5.74) is 10.8. The van der Waals surface area contributed by atoms with Gasteiger partial charge in [0.15, 0.2) is 33.3 Å². The molecule has 0 saturated heterocycles. The first kappa shape index (κ1) is 68.3. The van der Waals surface area contributed by atoms with Gasteiger partial charge in [0.05, 0.1) is 0 Å². The molecule has 0 spiro atoms. The molecule has 0 aliphatic carbocycles. The van der Waals surface area contributed by atoms with Crippen LogP contribution in [-0.4, -0.2) is 98.5 Å². The van der Waals surface area contributed by atoms with Crippen LogP contribution >= 0.6 is 0 Å².